The van der Waals surface area contributed by atoms with Crippen molar-refractivity contribution < 1.29 is 8.83 Å². The summed E-state index contributed by atoms with van der Waals surface area (Å²) in [5.74, 6) is 3.42. The summed E-state index contributed by atoms with van der Waals surface area (Å²) in [6.07, 6.45) is 8.69. The molecule has 0 unspecified atom stereocenters. The molecular formula is C17H14O3. The fourth-order valence-electron chi connectivity index (χ4n) is 2.34. The number of furan rings is 1. The van der Waals surface area contributed by atoms with Crippen LogP contribution in [0.3, 0.4) is 0 Å². The van der Waals surface area contributed by atoms with Crippen LogP contribution in [0, 0.1) is 12.3 Å². The number of aryl methyl sites for hydroxylation is 1. The van der Waals surface area contributed by atoms with Gasteiger partial charge >= 0.3 is 5.63 Å². The summed E-state index contributed by atoms with van der Waals surface area (Å²) in [5, 5.41) is 1.34. The van der Waals surface area contributed by atoms with Crippen molar-refractivity contribution in [1.29, 1.82) is 0 Å². The highest BCUT2D eigenvalue weighted by Crippen LogP contribution is 2.26. The largest absolute Gasteiger partial charge is 0.460 e. The third-order valence-corrected chi connectivity index (χ3v) is 3.33. The molecule has 0 amide bonds. The number of terminal acetylenes is 1. The third-order valence-electron chi connectivity index (χ3n) is 3.33. The minimum absolute atomic E-state index is 0.350. The van der Waals surface area contributed by atoms with Gasteiger partial charge in [-0.3, -0.25) is 0 Å². The summed E-state index contributed by atoms with van der Waals surface area (Å²) in [6.45, 7) is 0. The van der Waals surface area contributed by atoms with Gasteiger partial charge in [-0.25, -0.2) is 4.79 Å². The third kappa shape index (κ3) is 2.21. The van der Waals surface area contributed by atoms with Crippen LogP contribution in [0.15, 0.2) is 44.0 Å². The highest BCUT2D eigenvalue weighted by Gasteiger charge is 2.12. The van der Waals surface area contributed by atoms with Gasteiger partial charge in [-0.2, -0.15) is 0 Å². The van der Waals surface area contributed by atoms with Crippen molar-refractivity contribution in [3.8, 4) is 12.3 Å². The Morgan fingerprint density at radius 1 is 1.10 bits per heavy atom. The second-order valence-electron chi connectivity index (χ2n) is 4.75. The Morgan fingerprint density at radius 3 is 2.80 bits per heavy atom. The number of unbranched alkanes of at least 4 members (excludes halogenated alkanes) is 2. The molecule has 0 fully saturated rings. The van der Waals surface area contributed by atoms with Gasteiger partial charge in [-0.05, 0) is 31.0 Å². The molecule has 2 heterocycles. The first-order valence-corrected chi connectivity index (χ1v) is 6.67. The van der Waals surface area contributed by atoms with Gasteiger partial charge < -0.3 is 8.83 Å². The van der Waals surface area contributed by atoms with Crippen molar-refractivity contribution in [3.05, 3.63) is 46.5 Å². The predicted molar refractivity (Wildman–Crippen MR) is 78.6 cm³/mol. The van der Waals surface area contributed by atoms with Crippen LogP contribution in [0.5, 0.6) is 0 Å². The van der Waals surface area contributed by atoms with Gasteiger partial charge in [0.05, 0.1) is 5.39 Å². The summed E-state index contributed by atoms with van der Waals surface area (Å²) in [7, 11) is 0. The average Bonchev–Trinajstić information content (AvgIpc) is 2.89. The molecule has 0 aliphatic rings. The molecule has 1 aromatic carbocycles. The molecule has 0 atom stereocenters. The number of hydrogen-bond donors (Lipinski definition) is 0. The molecule has 0 N–H and O–H groups in total. The van der Waals surface area contributed by atoms with Crippen molar-refractivity contribution >= 4 is 21.9 Å². The Balaban J connectivity index is 2.02. The number of fused-ring (bicyclic) bond motifs is 3. The van der Waals surface area contributed by atoms with Crippen molar-refractivity contribution in [1.82, 2.24) is 0 Å². The highest BCUT2D eigenvalue weighted by molar-refractivity contribution is 6.00. The first-order chi connectivity index (χ1) is 9.79. The van der Waals surface area contributed by atoms with Crippen molar-refractivity contribution in [2.24, 2.45) is 0 Å². The normalized spacial score (nSPS) is 10.9. The molecule has 0 aliphatic heterocycles. The van der Waals surface area contributed by atoms with E-state index in [1.807, 2.05) is 18.2 Å². The fourth-order valence-corrected chi connectivity index (χ4v) is 2.34. The van der Waals surface area contributed by atoms with E-state index in [9.17, 15) is 4.79 Å². The molecule has 0 spiro atoms. The molecule has 3 heteroatoms. The lowest BCUT2D eigenvalue weighted by Crippen LogP contribution is -1.97. The average molecular weight is 266 g/mol. The minimum Gasteiger partial charge on any atom is -0.460 e. The van der Waals surface area contributed by atoms with Crippen LogP contribution >= 0.6 is 0 Å². The van der Waals surface area contributed by atoms with E-state index in [0.29, 0.717) is 16.6 Å². The summed E-state index contributed by atoms with van der Waals surface area (Å²) >= 11 is 0. The lowest BCUT2D eigenvalue weighted by atomic mass is 10.1. The molecule has 3 rings (SSSR count). The van der Waals surface area contributed by atoms with Crippen molar-refractivity contribution in [3.63, 3.8) is 0 Å². The van der Waals surface area contributed by atoms with Crippen LogP contribution in [0.1, 0.15) is 25.0 Å². The summed E-state index contributed by atoms with van der Waals surface area (Å²) < 4.78 is 11.1. The molecule has 0 aliphatic carbocycles. The van der Waals surface area contributed by atoms with E-state index in [4.69, 9.17) is 15.3 Å². The molecule has 3 aromatic rings. The second kappa shape index (κ2) is 5.26. The van der Waals surface area contributed by atoms with Gasteiger partial charge in [0.15, 0.2) is 5.58 Å². The number of hydrogen-bond acceptors (Lipinski definition) is 3. The van der Waals surface area contributed by atoms with Crippen LogP contribution in [0.25, 0.3) is 21.9 Å². The van der Waals surface area contributed by atoms with E-state index in [1.54, 1.807) is 12.1 Å². The van der Waals surface area contributed by atoms with E-state index in [-0.39, 0.29) is 5.63 Å². The standard InChI is InChI=1S/C17H14O3/c1-2-3-4-5-8-12-11-14-16(19-12)13-9-6-7-10-15(13)20-17(14)18/h1,6-7,9-11H,3-5,8H2. The maximum atomic E-state index is 11.9. The molecule has 0 saturated carbocycles. The Bertz CT molecular complexity index is 846. The number of rotatable bonds is 4. The van der Waals surface area contributed by atoms with Crippen molar-refractivity contribution in [2.45, 2.75) is 25.7 Å². The molecule has 100 valence electrons. The highest BCUT2D eigenvalue weighted by atomic mass is 16.4. The lowest BCUT2D eigenvalue weighted by Gasteiger charge is -1.96. The number of para-hydroxylation sites is 1. The van der Waals surface area contributed by atoms with Crippen LogP contribution < -0.4 is 5.63 Å². The molecule has 0 radical (unpaired) electrons. The Kier molecular flexibility index (Phi) is 3.30. The zero-order valence-corrected chi connectivity index (χ0v) is 11.0. The SMILES string of the molecule is C#CCCCCc1cc2c(=O)oc3ccccc3c2o1. The minimum atomic E-state index is -0.350. The fraction of sp³-hybridized carbons (Fsp3) is 0.235. The Hall–Kier alpha value is -2.47. The van der Waals surface area contributed by atoms with Gasteiger partial charge in [-0.1, -0.05) is 12.1 Å². The quantitative estimate of drug-likeness (QED) is 0.409. The Morgan fingerprint density at radius 2 is 1.95 bits per heavy atom. The first-order valence-electron chi connectivity index (χ1n) is 6.67. The van der Waals surface area contributed by atoms with Gasteiger partial charge in [-0.15, -0.1) is 12.3 Å². The first kappa shape index (κ1) is 12.6. The summed E-state index contributed by atoms with van der Waals surface area (Å²) in [6, 6.07) is 9.18. The molecule has 20 heavy (non-hydrogen) atoms. The molecule has 0 bridgehead atoms. The van der Waals surface area contributed by atoms with E-state index in [1.165, 1.54) is 0 Å². The van der Waals surface area contributed by atoms with E-state index >= 15 is 0 Å². The van der Waals surface area contributed by atoms with Crippen LogP contribution in [-0.2, 0) is 6.42 Å². The van der Waals surface area contributed by atoms with E-state index in [2.05, 4.69) is 5.92 Å². The zero-order valence-electron chi connectivity index (χ0n) is 11.0. The van der Waals surface area contributed by atoms with E-state index in [0.717, 1.165) is 36.8 Å². The van der Waals surface area contributed by atoms with Gasteiger partial charge in [0.1, 0.15) is 16.7 Å². The van der Waals surface area contributed by atoms with Crippen LogP contribution in [0.4, 0.5) is 0 Å². The smallest absolute Gasteiger partial charge is 0.347 e. The molecular weight excluding hydrogens is 252 g/mol. The van der Waals surface area contributed by atoms with Gasteiger partial charge in [0.2, 0.25) is 0 Å². The lowest BCUT2D eigenvalue weighted by molar-refractivity contribution is 0.532. The van der Waals surface area contributed by atoms with Gasteiger partial charge in [0, 0.05) is 12.8 Å². The molecule has 3 nitrogen and oxygen atoms in total. The monoisotopic (exact) mass is 266 g/mol. The number of benzene rings is 1. The van der Waals surface area contributed by atoms with Crippen molar-refractivity contribution in [2.75, 3.05) is 0 Å². The van der Waals surface area contributed by atoms with Crippen LogP contribution in [0.2, 0.25) is 0 Å². The van der Waals surface area contributed by atoms with Gasteiger partial charge in [0.25, 0.3) is 0 Å². The molecule has 2 aromatic heterocycles. The second-order valence-corrected chi connectivity index (χ2v) is 4.75. The maximum absolute atomic E-state index is 11.9. The Labute approximate surface area is 116 Å². The van der Waals surface area contributed by atoms with Crippen LogP contribution in [-0.4, -0.2) is 0 Å². The predicted octanol–water partition coefficient (Wildman–Crippen LogP) is 3.89. The topological polar surface area (TPSA) is 43.4 Å². The summed E-state index contributed by atoms with van der Waals surface area (Å²) in [4.78, 5) is 11.9. The zero-order chi connectivity index (χ0) is 13.9. The molecule has 0 saturated heterocycles. The maximum Gasteiger partial charge on any atom is 0.347 e. The van der Waals surface area contributed by atoms with E-state index < -0.39 is 0 Å². The summed E-state index contributed by atoms with van der Waals surface area (Å²) in [5.41, 5.74) is 0.819.